The van der Waals surface area contributed by atoms with Crippen LogP contribution < -0.4 is 5.32 Å². The van der Waals surface area contributed by atoms with Gasteiger partial charge in [0.25, 0.3) is 5.91 Å². The fourth-order valence-corrected chi connectivity index (χ4v) is 1.94. The van der Waals surface area contributed by atoms with Gasteiger partial charge in [-0.25, -0.2) is 14.5 Å². The maximum atomic E-state index is 12.1. The van der Waals surface area contributed by atoms with Crippen molar-refractivity contribution in [3.8, 4) is 0 Å². The third-order valence-corrected chi connectivity index (χ3v) is 3.02. The summed E-state index contributed by atoms with van der Waals surface area (Å²) in [5.41, 5.74) is 0.650. The number of hydrogen-bond donors (Lipinski definition) is 2. The van der Waals surface area contributed by atoms with Gasteiger partial charge in [-0.05, 0) is 30.7 Å². The van der Waals surface area contributed by atoms with Crippen LogP contribution in [0.3, 0.4) is 0 Å². The minimum Gasteiger partial charge on any atom is -0.478 e. The van der Waals surface area contributed by atoms with Crippen molar-refractivity contribution in [2.45, 2.75) is 6.92 Å². The van der Waals surface area contributed by atoms with Crippen molar-refractivity contribution < 1.29 is 29.0 Å². The topological polar surface area (TPSA) is 113 Å². The Kier molecular flexibility index (Phi) is 4.75. The molecule has 2 N–H and O–H groups in total. The van der Waals surface area contributed by atoms with Gasteiger partial charge in [-0.3, -0.25) is 9.59 Å². The van der Waals surface area contributed by atoms with Gasteiger partial charge in [-0.15, -0.1) is 0 Å². The van der Waals surface area contributed by atoms with E-state index in [2.05, 4.69) is 5.32 Å². The molecular weight excluding hydrogens is 304 g/mol. The van der Waals surface area contributed by atoms with Gasteiger partial charge in [0.05, 0.1) is 12.2 Å². The van der Waals surface area contributed by atoms with Crippen molar-refractivity contribution in [3.05, 3.63) is 41.1 Å². The average molecular weight is 318 g/mol. The summed E-state index contributed by atoms with van der Waals surface area (Å²) in [5, 5.41) is 11.2. The van der Waals surface area contributed by atoms with E-state index in [0.29, 0.717) is 5.56 Å². The number of nitrogens with one attached hydrogen (secondary N) is 1. The zero-order valence-electron chi connectivity index (χ0n) is 12.2. The molecule has 0 bridgehead atoms. The van der Waals surface area contributed by atoms with E-state index in [-0.39, 0.29) is 17.9 Å². The smallest absolute Gasteiger partial charge is 0.335 e. The standard InChI is InChI=1S/C15H14N2O6/c1-2-23-12(18)8-17-13(19)11(16-15(17)22)7-9-3-5-10(6-4-9)14(20)21/h3-7H,2,8H2,1H3,(H,16,22)(H,20,21). The van der Waals surface area contributed by atoms with E-state index >= 15 is 0 Å². The van der Waals surface area contributed by atoms with Crippen LogP contribution in [0.25, 0.3) is 6.08 Å². The molecule has 0 atom stereocenters. The van der Waals surface area contributed by atoms with Crippen molar-refractivity contribution in [2.75, 3.05) is 13.2 Å². The minimum absolute atomic E-state index is 0.00220. The van der Waals surface area contributed by atoms with Crippen molar-refractivity contribution in [3.63, 3.8) is 0 Å². The molecule has 8 heteroatoms. The summed E-state index contributed by atoms with van der Waals surface area (Å²) in [4.78, 5) is 46.7. The fourth-order valence-electron chi connectivity index (χ4n) is 1.94. The third-order valence-electron chi connectivity index (χ3n) is 3.02. The van der Waals surface area contributed by atoms with Crippen LogP contribution in [-0.2, 0) is 14.3 Å². The number of rotatable bonds is 5. The molecule has 1 saturated heterocycles. The number of benzene rings is 1. The summed E-state index contributed by atoms with van der Waals surface area (Å²) in [6, 6.07) is 5.06. The molecule has 1 aliphatic rings. The number of ether oxygens (including phenoxy) is 1. The van der Waals surface area contributed by atoms with Gasteiger partial charge < -0.3 is 15.2 Å². The first kappa shape index (κ1) is 16.2. The predicted octanol–water partition coefficient (Wildman–Crippen LogP) is 0.841. The Balaban J connectivity index is 2.14. The number of carbonyl (C=O) groups excluding carboxylic acids is 3. The van der Waals surface area contributed by atoms with Gasteiger partial charge in [-0.1, -0.05) is 12.1 Å². The van der Waals surface area contributed by atoms with Crippen molar-refractivity contribution in [1.29, 1.82) is 0 Å². The second-order valence-corrected chi connectivity index (χ2v) is 4.61. The van der Waals surface area contributed by atoms with E-state index in [1.54, 1.807) is 6.92 Å². The largest absolute Gasteiger partial charge is 0.478 e. The molecule has 3 amide bonds. The molecule has 0 unspecified atom stereocenters. The van der Waals surface area contributed by atoms with E-state index in [0.717, 1.165) is 4.90 Å². The van der Waals surface area contributed by atoms with Crippen LogP contribution in [0.1, 0.15) is 22.8 Å². The number of amides is 3. The molecule has 23 heavy (non-hydrogen) atoms. The Morgan fingerprint density at radius 2 is 1.91 bits per heavy atom. The monoisotopic (exact) mass is 318 g/mol. The number of urea groups is 1. The summed E-state index contributed by atoms with van der Waals surface area (Å²) < 4.78 is 4.70. The lowest BCUT2D eigenvalue weighted by molar-refractivity contribution is -0.145. The lowest BCUT2D eigenvalue weighted by Gasteiger charge is -2.10. The predicted molar refractivity (Wildman–Crippen MR) is 78.3 cm³/mol. The summed E-state index contributed by atoms with van der Waals surface area (Å²) >= 11 is 0. The van der Waals surface area contributed by atoms with Crippen LogP contribution in [0.15, 0.2) is 30.0 Å². The number of imide groups is 1. The molecule has 0 radical (unpaired) electrons. The van der Waals surface area contributed by atoms with Gasteiger partial charge in [0.2, 0.25) is 0 Å². The Bertz CT molecular complexity index is 692. The van der Waals surface area contributed by atoms with E-state index in [9.17, 15) is 19.2 Å². The first-order valence-corrected chi connectivity index (χ1v) is 6.76. The van der Waals surface area contributed by atoms with E-state index in [1.165, 1.54) is 30.3 Å². The van der Waals surface area contributed by atoms with E-state index in [4.69, 9.17) is 9.84 Å². The summed E-state index contributed by atoms with van der Waals surface area (Å²) in [6.07, 6.45) is 1.40. The molecule has 8 nitrogen and oxygen atoms in total. The molecule has 0 spiro atoms. The highest BCUT2D eigenvalue weighted by Gasteiger charge is 2.35. The molecule has 1 fully saturated rings. The molecule has 0 saturated carbocycles. The van der Waals surface area contributed by atoms with E-state index < -0.39 is 30.4 Å². The Hall–Kier alpha value is -3.16. The number of nitrogens with zero attached hydrogens (tertiary/aromatic N) is 1. The SMILES string of the molecule is CCOC(=O)CN1C(=O)NC(=Cc2ccc(C(=O)O)cc2)C1=O. The first-order valence-electron chi connectivity index (χ1n) is 6.76. The van der Waals surface area contributed by atoms with E-state index in [1.807, 2.05) is 0 Å². The second kappa shape index (κ2) is 6.73. The zero-order valence-corrected chi connectivity index (χ0v) is 12.2. The number of hydrogen-bond acceptors (Lipinski definition) is 5. The molecule has 1 aromatic rings. The molecule has 1 heterocycles. The van der Waals surface area contributed by atoms with Gasteiger partial charge in [-0.2, -0.15) is 0 Å². The normalized spacial score (nSPS) is 15.7. The Morgan fingerprint density at radius 3 is 2.48 bits per heavy atom. The highest BCUT2D eigenvalue weighted by molar-refractivity contribution is 6.15. The number of esters is 1. The molecular formula is C15H14N2O6. The summed E-state index contributed by atoms with van der Waals surface area (Å²) in [6.45, 7) is 1.31. The van der Waals surface area contributed by atoms with Gasteiger partial charge in [0, 0.05) is 0 Å². The first-order chi connectivity index (χ1) is 10.9. The molecule has 1 aromatic carbocycles. The molecule has 0 aromatic heterocycles. The lowest BCUT2D eigenvalue weighted by Crippen LogP contribution is -2.36. The number of carboxylic acids is 1. The highest BCUT2D eigenvalue weighted by Crippen LogP contribution is 2.14. The maximum Gasteiger partial charge on any atom is 0.335 e. The molecule has 1 aliphatic heterocycles. The van der Waals surface area contributed by atoms with Gasteiger partial charge in [0.15, 0.2) is 0 Å². The van der Waals surface area contributed by atoms with Crippen LogP contribution >= 0.6 is 0 Å². The number of aromatic carboxylic acids is 1. The van der Waals surface area contributed by atoms with Crippen molar-refractivity contribution in [2.24, 2.45) is 0 Å². The van der Waals surface area contributed by atoms with Crippen molar-refractivity contribution >= 4 is 30.0 Å². The third kappa shape index (κ3) is 3.73. The summed E-state index contributed by atoms with van der Waals surface area (Å²) in [7, 11) is 0. The Labute approximate surface area is 131 Å². The molecule has 120 valence electrons. The van der Waals surface area contributed by atoms with Gasteiger partial charge >= 0.3 is 18.0 Å². The summed E-state index contributed by atoms with van der Waals surface area (Å²) in [5.74, 6) is -2.39. The molecule has 2 rings (SSSR count). The molecule has 0 aliphatic carbocycles. The zero-order chi connectivity index (χ0) is 17.0. The van der Waals surface area contributed by atoms with Crippen LogP contribution in [0.5, 0.6) is 0 Å². The van der Waals surface area contributed by atoms with Crippen LogP contribution in [0, 0.1) is 0 Å². The quantitative estimate of drug-likeness (QED) is 0.472. The minimum atomic E-state index is -1.06. The average Bonchev–Trinajstić information content (AvgIpc) is 2.76. The second-order valence-electron chi connectivity index (χ2n) is 4.61. The van der Waals surface area contributed by atoms with Gasteiger partial charge in [0.1, 0.15) is 12.2 Å². The number of carboxylic acid groups (broad SMARTS) is 1. The lowest BCUT2D eigenvalue weighted by atomic mass is 10.1. The fraction of sp³-hybridized carbons (Fsp3) is 0.200. The number of carbonyl (C=O) groups is 4. The maximum absolute atomic E-state index is 12.1. The van der Waals surface area contributed by atoms with Crippen LogP contribution in [0.4, 0.5) is 4.79 Å². The van der Waals surface area contributed by atoms with Crippen LogP contribution in [0.2, 0.25) is 0 Å². The van der Waals surface area contributed by atoms with Crippen molar-refractivity contribution in [1.82, 2.24) is 10.2 Å². The van der Waals surface area contributed by atoms with Crippen LogP contribution in [-0.4, -0.2) is 47.0 Å². The Morgan fingerprint density at radius 1 is 1.26 bits per heavy atom. The highest BCUT2D eigenvalue weighted by atomic mass is 16.5.